The van der Waals surface area contributed by atoms with Crippen LogP contribution in [0.15, 0.2) is 42.9 Å². The summed E-state index contributed by atoms with van der Waals surface area (Å²) in [6, 6.07) is 6.34. The molecule has 0 radical (unpaired) electrons. The summed E-state index contributed by atoms with van der Waals surface area (Å²) in [5.41, 5.74) is 0.594. The normalized spacial score (nSPS) is 9.38. The van der Waals surface area contributed by atoms with Gasteiger partial charge >= 0.3 is 0 Å². The highest BCUT2D eigenvalue weighted by Crippen LogP contribution is 2.16. The molecule has 0 unspecified atom stereocenters. The molecule has 21 heavy (non-hydrogen) atoms. The van der Waals surface area contributed by atoms with E-state index in [1.54, 1.807) is 18.2 Å². The quantitative estimate of drug-likeness (QED) is 0.530. The molecule has 1 amide bonds. The Hall–Kier alpha value is -3.07. The number of anilines is 1. The van der Waals surface area contributed by atoms with E-state index in [0.717, 1.165) is 0 Å². The second-order valence-electron chi connectivity index (χ2n) is 3.85. The second kappa shape index (κ2) is 6.91. The molecular formula is C15H10FN3O2. The molecule has 0 aliphatic rings. The van der Waals surface area contributed by atoms with Gasteiger partial charge < -0.3 is 5.32 Å². The minimum Gasteiger partial charge on any atom is -0.320 e. The van der Waals surface area contributed by atoms with E-state index in [2.05, 4.69) is 27.1 Å². The Balaban J connectivity index is 2.25. The largest absolute Gasteiger partial charge is 0.320 e. The van der Waals surface area contributed by atoms with Gasteiger partial charge in [0.15, 0.2) is 6.67 Å². The van der Waals surface area contributed by atoms with E-state index < -0.39 is 18.4 Å². The lowest BCUT2D eigenvalue weighted by molar-refractivity contribution is 0.102. The zero-order valence-corrected chi connectivity index (χ0v) is 10.8. The Bertz CT molecular complexity index is 720. The fourth-order valence-electron chi connectivity index (χ4n) is 1.57. The molecule has 0 fully saturated rings. The fourth-order valence-corrected chi connectivity index (χ4v) is 1.57. The van der Waals surface area contributed by atoms with Crippen molar-refractivity contribution < 1.29 is 14.0 Å². The van der Waals surface area contributed by atoms with Crippen molar-refractivity contribution in [3.63, 3.8) is 0 Å². The highest BCUT2D eigenvalue weighted by Gasteiger charge is 2.13. The van der Waals surface area contributed by atoms with E-state index in [-0.39, 0.29) is 16.9 Å². The predicted octanol–water partition coefficient (Wildman–Crippen LogP) is 1.88. The first kappa shape index (κ1) is 14.3. The highest BCUT2D eigenvalue weighted by molar-refractivity contribution is 6.15. The van der Waals surface area contributed by atoms with Gasteiger partial charge in [-0.05, 0) is 18.1 Å². The number of aromatic nitrogens is 2. The van der Waals surface area contributed by atoms with Crippen molar-refractivity contribution >= 4 is 17.4 Å². The van der Waals surface area contributed by atoms with Crippen molar-refractivity contribution in [3.05, 3.63) is 54.1 Å². The Morgan fingerprint density at radius 1 is 1.24 bits per heavy atom. The van der Waals surface area contributed by atoms with Crippen molar-refractivity contribution in [2.24, 2.45) is 0 Å². The topological polar surface area (TPSA) is 72.0 Å². The summed E-state index contributed by atoms with van der Waals surface area (Å²) in [4.78, 5) is 31.5. The minimum absolute atomic E-state index is 0.120. The molecule has 5 nitrogen and oxygen atoms in total. The van der Waals surface area contributed by atoms with Crippen LogP contribution in [0.3, 0.4) is 0 Å². The van der Waals surface area contributed by atoms with Crippen molar-refractivity contribution in [1.82, 2.24) is 9.97 Å². The fraction of sp³-hybridized carbons (Fsp3) is 0.0667. The molecule has 0 aliphatic heterocycles. The number of ketones is 1. The van der Waals surface area contributed by atoms with Gasteiger partial charge in [0.1, 0.15) is 5.69 Å². The Morgan fingerprint density at radius 2 is 2.05 bits per heavy atom. The first-order valence-electron chi connectivity index (χ1n) is 5.98. The third kappa shape index (κ3) is 3.70. The van der Waals surface area contributed by atoms with Crippen LogP contribution in [-0.4, -0.2) is 28.3 Å². The summed E-state index contributed by atoms with van der Waals surface area (Å²) in [5, 5.41) is 2.56. The maximum Gasteiger partial charge on any atom is 0.275 e. The molecule has 0 bridgehead atoms. The van der Waals surface area contributed by atoms with Crippen LogP contribution in [-0.2, 0) is 0 Å². The number of para-hydroxylation sites is 1. The van der Waals surface area contributed by atoms with Crippen LogP contribution in [0.4, 0.5) is 10.1 Å². The van der Waals surface area contributed by atoms with E-state index in [4.69, 9.17) is 0 Å². The number of amides is 1. The summed E-state index contributed by atoms with van der Waals surface area (Å²) >= 11 is 0. The van der Waals surface area contributed by atoms with Gasteiger partial charge in [-0.15, -0.1) is 0 Å². The van der Waals surface area contributed by atoms with Gasteiger partial charge in [-0.1, -0.05) is 18.1 Å². The van der Waals surface area contributed by atoms with Crippen LogP contribution >= 0.6 is 0 Å². The molecule has 104 valence electrons. The van der Waals surface area contributed by atoms with Crippen LogP contribution in [0.5, 0.6) is 0 Å². The van der Waals surface area contributed by atoms with Gasteiger partial charge in [-0.25, -0.2) is 9.37 Å². The number of halogens is 1. The SMILES string of the molecule is O=C(Nc1ccccc1C(=O)C#CCF)c1cnccn1. The Kier molecular flexibility index (Phi) is 4.72. The Morgan fingerprint density at radius 3 is 2.76 bits per heavy atom. The molecule has 0 saturated carbocycles. The van der Waals surface area contributed by atoms with Crippen molar-refractivity contribution in [3.8, 4) is 11.8 Å². The molecule has 1 aromatic heterocycles. The lowest BCUT2D eigenvalue weighted by Gasteiger charge is -2.07. The summed E-state index contributed by atoms with van der Waals surface area (Å²) in [5.74, 6) is 3.15. The number of hydrogen-bond acceptors (Lipinski definition) is 4. The van der Waals surface area contributed by atoms with Gasteiger partial charge in [0.2, 0.25) is 5.78 Å². The van der Waals surface area contributed by atoms with E-state index in [0.29, 0.717) is 0 Å². The number of benzene rings is 1. The molecule has 6 heteroatoms. The van der Waals surface area contributed by atoms with Gasteiger partial charge in [0, 0.05) is 12.4 Å². The number of hydrogen-bond donors (Lipinski definition) is 1. The molecule has 2 rings (SSSR count). The van der Waals surface area contributed by atoms with Crippen LogP contribution in [0.2, 0.25) is 0 Å². The maximum absolute atomic E-state index is 12.0. The molecular weight excluding hydrogens is 273 g/mol. The van der Waals surface area contributed by atoms with Crippen LogP contribution in [0.25, 0.3) is 0 Å². The van der Waals surface area contributed by atoms with Gasteiger partial charge in [-0.3, -0.25) is 14.6 Å². The summed E-state index contributed by atoms with van der Waals surface area (Å²) in [7, 11) is 0. The molecule has 2 aromatic rings. The van der Waals surface area contributed by atoms with Gasteiger partial charge in [0.05, 0.1) is 17.4 Å². The number of carbonyl (C=O) groups is 2. The van der Waals surface area contributed by atoms with Crippen molar-refractivity contribution in [1.29, 1.82) is 0 Å². The minimum atomic E-state index is -0.903. The number of alkyl halides is 1. The second-order valence-corrected chi connectivity index (χ2v) is 3.85. The summed E-state index contributed by atoms with van der Waals surface area (Å²) in [6.07, 6.45) is 4.14. The van der Waals surface area contributed by atoms with Crippen LogP contribution in [0, 0.1) is 11.8 Å². The van der Waals surface area contributed by atoms with Crippen LogP contribution in [0.1, 0.15) is 20.8 Å². The van der Waals surface area contributed by atoms with E-state index in [1.807, 2.05) is 0 Å². The van der Waals surface area contributed by atoms with E-state index in [1.165, 1.54) is 24.7 Å². The van der Waals surface area contributed by atoms with Crippen LogP contribution < -0.4 is 5.32 Å². The highest BCUT2D eigenvalue weighted by atomic mass is 19.1. The summed E-state index contributed by atoms with van der Waals surface area (Å²) < 4.78 is 12.0. The maximum atomic E-state index is 12.0. The van der Waals surface area contributed by atoms with E-state index >= 15 is 0 Å². The lowest BCUT2D eigenvalue weighted by atomic mass is 10.1. The molecule has 1 aromatic carbocycles. The number of nitrogens with one attached hydrogen (secondary N) is 1. The van der Waals surface area contributed by atoms with Gasteiger partial charge in [0.25, 0.3) is 5.91 Å². The van der Waals surface area contributed by atoms with Crippen molar-refractivity contribution in [2.75, 3.05) is 12.0 Å². The zero-order chi connectivity index (χ0) is 15.1. The predicted molar refractivity (Wildman–Crippen MR) is 74.5 cm³/mol. The Labute approximate surface area is 120 Å². The monoisotopic (exact) mass is 283 g/mol. The number of nitrogens with zero attached hydrogens (tertiary/aromatic N) is 2. The van der Waals surface area contributed by atoms with Gasteiger partial charge in [-0.2, -0.15) is 0 Å². The molecule has 0 spiro atoms. The molecule has 0 saturated heterocycles. The number of carbonyl (C=O) groups excluding carboxylic acids is 2. The first-order valence-corrected chi connectivity index (χ1v) is 5.98. The molecule has 1 heterocycles. The average Bonchev–Trinajstić information content (AvgIpc) is 2.54. The smallest absolute Gasteiger partial charge is 0.275 e. The third-order valence-electron chi connectivity index (χ3n) is 2.48. The van der Waals surface area contributed by atoms with Crippen molar-refractivity contribution in [2.45, 2.75) is 0 Å². The molecule has 1 N–H and O–H groups in total. The standard InChI is InChI=1S/C15H10FN3O2/c16-7-3-6-14(20)11-4-1-2-5-12(11)19-15(21)13-10-17-8-9-18-13/h1-2,4-5,8-10H,7H2,(H,19,21). The number of Topliss-reactive ketones (excluding diaryl/α,β-unsaturated/α-hetero) is 1. The average molecular weight is 283 g/mol. The zero-order valence-electron chi connectivity index (χ0n) is 10.8. The third-order valence-corrected chi connectivity index (χ3v) is 2.48. The lowest BCUT2D eigenvalue weighted by Crippen LogP contribution is -2.16. The summed E-state index contributed by atoms with van der Waals surface area (Å²) in [6.45, 7) is -0.903. The molecule has 0 aliphatic carbocycles. The molecule has 0 atom stereocenters. The number of rotatable bonds is 3. The first-order chi connectivity index (χ1) is 10.2. The van der Waals surface area contributed by atoms with E-state index in [9.17, 15) is 14.0 Å².